The molecular formula is C24H34FN5O3. The molecule has 2 fully saturated rings. The molecule has 2 N–H and O–H groups in total. The molecule has 1 aromatic carbocycles. The van der Waals surface area contributed by atoms with Crippen LogP contribution in [0.15, 0.2) is 30.5 Å². The monoisotopic (exact) mass is 459 g/mol. The molecule has 180 valence electrons. The Labute approximate surface area is 194 Å². The third-order valence-electron chi connectivity index (χ3n) is 6.60. The van der Waals surface area contributed by atoms with E-state index in [9.17, 15) is 14.3 Å². The molecule has 4 rings (SSSR count). The number of halogens is 1. The first-order chi connectivity index (χ1) is 16.1. The second-order valence-corrected chi connectivity index (χ2v) is 9.05. The number of hydrogen-bond donors (Lipinski definition) is 2. The van der Waals surface area contributed by atoms with Crippen molar-refractivity contribution in [2.45, 2.75) is 69.7 Å². The summed E-state index contributed by atoms with van der Waals surface area (Å²) in [6.45, 7) is 3.47. The molecule has 9 heteroatoms. The minimum absolute atomic E-state index is 0.0119. The Bertz CT molecular complexity index is 884. The fraction of sp³-hybridized carbons (Fsp3) is 0.625. The zero-order chi connectivity index (χ0) is 23.0. The Morgan fingerprint density at radius 1 is 1.15 bits per heavy atom. The van der Waals surface area contributed by atoms with E-state index in [0.29, 0.717) is 18.7 Å². The molecule has 2 aliphatic heterocycles. The molecule has 0 aliphatic carbocycles. The van der Waals surface area contributed by atoms with Crippen LogP contribution in [0.2, 0.25) is 0 Å². The van der Waals surface area contributed by atoms with Crippen LogP contribution in [0.3, 0.4) is 0 Å². The highest BCUT2D eigenvalue weighted by atomic mass is 19.1. The highest BCUT2D eigenvalue weighted by molar-refractivity contribution is 5.76. The first kappa shape index (κ1) is 23.8. The van der Waals surface area contributed by atoms with E-state index in [1.54, 1.807) is 16.8 Å². The number of carbonyl (C=O) groups excluding carboxylic acids is 1. The molecule has 2 aliphatic rings. The standard InChI is InChI=1S/C24H34FN5O3/c25-19-6-4-18(5-7-19)22-16-30(28-27-22)15-10-20-8-9-21(23(17-31)33-20)26-24(32)11-14-29-12-2-1-3-13-29/h4-7,16,20-21,23,31H,1-3,8-15,17H2,(H,26,32)/t20-,21+,23+/m0/s1. The molecule has 2 aromatic rings. The van der Waals surface area contributed by atoms with Crippen LogP contribution in [0.1, 0.15) is 44.9 Å². The summed E-state index contributed by atoms with van der Waals surface area (Å²) in [4.78, 5) is 14.8. The molecule has 33 heavy (non-hydrogen) atoms. The van der Waals surface area contributed by atoms with Crippen LogP contribution in [-0.2, 0) is 16.1 Å². The maximum atomic E-state index is 13.1. The Balaban J connectivity index is 1.21. The summed E-state index contributed by atoms with van der Waals surface area (Å²) in [5.74, 6) is -0.252. The summed E-state index contributed by atoms with van der Waals surface area (Å²) < 4.78 is 21.0. The number of aromatic nitrogens is 3. The second-order valence-electron chi connectivity index (χ2n) is 9.05. The van der Waals surface area contributed by atoms with Gasteiger partial charge in [-0.1, -0.05) is 11.6 Å². The third-order valence-corrected chi connectivity index (χ3v) is 6.60. The number of piperidine rings is 1. The van der Waals surface area contributed by atoms with E-state index in [0.717, 1.165) is 44.5 Å². The molecule has 8 nitrogen and oxygen atoms in total. The number of nitrogens with one attached hydrogen (secondary N) is 1. The third kappa shape index (κ3) is 6.82. The number of carbonyl (C=O) groups is 1. The maximum Gasteiger partial charge on any atom is 0.221 e. The first-order valence-electron chi connectivity index (χ1n) is 12.0. The number of rotatable bonds is 9. The predicted molar refractivity (Wildman–Crippen MR) is 122 cm³/mol. The van der Waals surface area contributed by atoms with Crippen LogP contribution in [0, 0.1) is 5.82 Å². The number of aliphatic hydroxyl groups excluding tert-OH is 1. The van der Waals surface area contributed by atoms with Gasteiger partial charge in [-0.05, 0) is 69.5 Å². The van der Waals surface area contributed by atoms with Crippen molar-refractivity contribution < 1.29 is 19.0 Å². The summed E-state index contributed by atoms with van der Waals surface area (Å²) >= 11 is 0. The molecule has 1 amide bonds. The summed E-state index contributed by atoms with van der Waals surface area (Å²) in [7, 11) is 0. The topological polar surface area (TPSA) is 92.5 Å². The van der Waals surface area contributed by atoms with Gasteiger partial charge in [0, 0.05) is 25.1 Å². The maximum absolute atomic E-state index is 13.1. The van der Waals surface area contributed by atoms with Gasteiger partial charge in [0.25, 0.3) is 0 Å². The zero-order valence-electron chi connectivity index (χ0n) is 19.0. The number of likely N-dealkylation sites (tertiary alicyclic amines) is 1. The van der Waals surface area contributed by atoms with Crippen LogP contribution in [0.4, 0.5) is 4.39 Å². The largest absolute Gasteiger partial charge is 0.394 e. The second kappa shape index (κ2) is 11.7. The Morgan fingerprint density at radius 2 is 1.94 bits per heavy atom. The molecular weight excluding hydrogens is 425 g/mol. The van der Waals surface area contributed by atoms with Crippen LogP contribution >= 0.6 is 0 Å². The molecule has 1 aromatic heterocycles. The molecule has 0 saturated carbocycles. The minimum atomic E-state index is -0.395. The first-order valence-corrected chi connectivity index (χ1v) is 12.0. The molecule has 3 heterocycles. The Morgan fingerprint density at radius 3 is 2.70 bits per heavy atom. The van der Waals surface area contributed by atoms with Gasteiger partial charge in [0.2, 0.25) is 5.91 Å². The van der Waals surface area contributed by atoms with E-state index in [1.165, 1.54) is 31.4 Å². The number of aliphatic hydroxyl groups is 1. The molecule has 3 atom stereocenters. The fourth-order valence-electron chi connectivity index (χ4n) is 4.67. The minimum Gasteiger partial charge on any atom is -0.394 e. The lowest BCUT2D eigenvalue weighted by atomic mass is 9.97. The summed E-state index contributed by atoms with van der Waals surface area (Å²) in [6.07, 6.45) is 7.96. The molecule has 0 bridgehead atoms. The predicted octanol–water partition coefficient (Wildman–Crippen LogP) is 2.38. The van der Waals surface area contributed by atoms with Gasteiger partial charge >= 0.3 is 0 Å². The van der Waals surface area contributed by atoms with E-state index in [4.69, 9.17) is 4.74 Å². The lowest BCUT2D eigenvalue weighted by Gasteiger charge is -2.36. The number of aryl methyl sites for hydroxylation is 1. The molecule has 2 saturated heterocycles. The van der Waals surface area contributed by atoms with Gasteiger partial charge in [0.05, 0.1) is 24.9 Å². The van der Waals surface area contributed by atoms with E-state index in [1.807, 2.05) is 6.20 Å². The van der Waals surface area contributed by atoms with Crippen LogP contribution < -0.4 is 5.32 Å². The lowest BCUT2D eigenvalue weighted by molar-refractivity contribution is -0.129. The molecule has 0 unspecified atom stereocenters. The number of benzene rings is 1. The molecule has 0 spiro atoms. The van der Waals surface area contributed by atoms with E-state index >= 15 is 0 Å². The number of hydrogen-bond acceptors (Lipinski definition) is 6. The van der Waals surface area contributed by atoms with Gasteiger partial charge in [0.15, 0.2) is 0 Å². The van der Waals surface area contributed by atoms with Crippen molar-refractivity contribution in [1.29, 1.82) is 0 Å². The lowest BCUT2D eigenvalue weighted by Crippen LogP contribution is -2.51. The van der Waals surface area contributed by atoms with E-state index in [2.05, 4.69) is 20.5 Å². The van der Waals surface area contributed by atoms with Crippen LogP contribution in [0.25, 0.3) is 11.3 Å². The SMILES string of the molecule is O=C(CCN1CCCCC1)N[C@@H]1CC[C@@H](CCn2cc(-c3ccc(F)cc3)nn2)O[C@@H]1CO. The van der Waals surface area contributed by atoms with Crippen LogP contribution in [-0.4, -0.2) is 75.4 Å². The average molecular weight is 460 g/mol. The van der Waals surface area contributed by atoms with Crippen molar-refractivity contribution in [2.75, 3.05) is 26.2 Å². The number of amides is 1. The van der Waals surface area contributed by atoms with Crippen molar-refractivity contribution >= 4 is 5.91 Å². The van der Waals surface area contributed by atoms with Gasteiger partial charge in [0.1, 0.15) is 17.6 Å². The van der Waals surface area contributed by atoms with Gasteiger partial charge < -0.3 is 20.1 Å². The number of nitrogens with zero attached hydrogens (tertiary/aromatic N) is 4. The highest BCUT2D eigenvalue weighted by Crippen LogP contribution is 2.23. The quantitative estimate of drug-likeness (QED) is 0.598. The highest BCUT2D eigenvalue weighted by Gasteiger charge is 2.31. The Hall–Kier alpha value is -2.36. The number of ether oxygens (including phenoxy) is 1. The summed E-state index contributed by atoms with van der Waals surface area (Å²) in [6, 6.07) is 6.02. The van der Waals surface area contributed by atoms with E-state index in [-0.39, 0.29) is 30.5 Å². The van der Waals surface area contributed by atoms with Gasteiger partial charge in [-0.25, -0.2) is 4.39 Å². The zero-order valence-corrected chi connectivity index (χ0v) is 19.0. The summed E-state index contributed by atoms with van der Waals surface area (Å²) in [5, 5.41) is 21.2. The normalized spacial score (nSPS) is 24.0. The smallest absolute Gasteiger partial charge is 0.221 e. The fourth-order valence-corrected chi connectivity index (χ4v) is 4.67. The summed E-state index contributed by atoms with van der Waals surface area (Å²) in [5.41, 5.74) is 1.51. The van der Waals surface area contributed by atoms with Crippen molar-refractivity contribution in [2.24, 2.45) is 0 Å². The van der Waals surface area contributed by atoms with Crippen molar-refractivity contribution in [1.82, 2.24) is 25.2 Å². The van der Waals surface area contributed by atoms with Crippen molar-refractivity contribution in [3.63, 3.8) is 0 Å². The average Bonchev–Trinajstić information content (AvgIpc) is 3.32. The van der Waals surface area contributed by atoms with Crippen molar-refractivity contribution in [3.8, 4) is 11.3 Å². The Kier molecular flexibility index (Phi) is 8.41. The van der Waals surface area contributed by atoms with Crippen LogP contribution in [0.5, 0.6) is 0 Å². The molecule has 0 radical (unpaired) electrons. The van der Waals surface area contributed by atoms with Crippen molar-refractivity contribution in [3.05, 3.63) is 36.3 Å². The van der Waals surface area contributed by atoms with Gasteiger partial charge in [-0.15, -0.1) is 5.10 Å². The van der Waals surface area contributed by atoms with Gasteiger partial charge in [-0.2, -0.15) is 0 Å². The van der Waals surface area contributed by atoms with E-state index < -0.39 is 6.10 Å². The van der Waals surface area contributed by atoms with Gasteiger partial charge in [-0.3, -0.25) is 9.48 Å².